The normalized spacial score (nSPS) is 15.7. The van der Waals surface area contributed by atoms with Gasteiger partial charge in [-0.15, -0.1) is 0 Å². The third kappa shape index (κ3) is 7.60. The monoisotopic (exact) mass is 270 g/mol. The van der Waals surface area contributed by atoms with Gasteiger partial charge in [0.1, 0.15) is 0 Å². The van der Waals surface area contributed by atoms with Crippen molar-refractivity contribution in [2.24, 2.45) is 5.92 Å². The molecule has 0 rings (SSSR count). The van der Waals surface area contributed by atoms with E-state index >= 15 is 0 Å². The summed E-state index contributed by atoms with van der Waals surface area (Å²) in [5.41, 5.74) is 0. The Balaban J connectivity index is 3.47. The minimum absolute atomic E-state index is 0.346. The van der Waals surface area contributed by atoms with Gasteiger partial charge in [-0.2, -0.15) is 0 Å². The molecule has 0 aromatic rings. The van der Waals surface area contributed by atoms with Gasteiger partial charge in [0.25, 0.3) is 0 Å². The number of rotatable bonds is 3. The molecule has 0 aromatic heterocycles. The van der Waals surface area contributed by atoms with Gasteiger partial charge in [-0.25, -0.2) is 0 Å². The maximum atomic E-state index is 5.67. The second-order valence-corrected chi connectivity index (χ2v) is 18.9. The van der Waals surface area contributed by atoms with Gasteiger partial charge in [0, 0.05) is 0 Å². The molecule has 0 saturated heterocycles. The summed E-state index contributed by atoms with van der Waals surface area (Å²) < 4.78 is 0. The van der Waals surface area contributed by atoms with Gasteiger partial charge in [-0.3, -0.25) is 0 Å². The zero-order chi connectivity index (χ0) is 7.49. The van der Waals surface area contributed by atoms with Crippen LogP contribution in [0.15, 0.2) is 0 Å². The summed E-state index contributed by atoms with van der Waals surface area (Å²) >= 11 is 5.51. The van der Waals surface area contributed by atoms with Crippen molar-refractivity contribution in [1.82, 2.24) is 0 Å². The average molecular weight is 271 g/mol. The van der Waals surface area contributed by atoms with Gasteiger partial charge in [-0.1, -0.05) is 0 Å². The van der Waals surface area contributed by atoms with Crippen LogP contribution in [0.2, 0.25) is 5.25 Å². The van der Waals surface area contributed by atoms with Gasteiger partial charge in [0.15, 0.2) is 0 Å². The molecule has 0 spiro atoms. The molecule has 0 aliphatic rings. The molecule has 0 N–H and O–H groups in total. The Hall–Kier alpha value is 1.70. The van der Waals surface area contributed by atoms with Crippen LogP contribution in [0, 0.1) is 5.92 Å². The van der Waals surface area contributed by atoms with Crippen LogP contribution in [0.25, 0.3) is 0 Å². The van der Waals surface area contributed by atoms with E-state index in [9.17, 15) is 0 Å². The van der Waals surface area contributed by atoms with Crippen LogP contribution in [0.4, 0.5) is 0 Å². The molecule has 0 amide bonds. The van der Waals surface area contributed by atoms with Crippen molar-refractivity contribution in [3.8, 4) is 0 Å². The summed E-state index contributed by atoms with van der Waals surface area (Å²) in [6.45, 7) is 1.99. The van der Waals surface area contributed by atoms with E-state index in [0.29, 0.717) is 17.1 Å². The molecule has 1 unspecified atom stereocenters. The number of hydrogen-bond donors (Lipinski definition) is 0. The van der Waals surface area contributed by atoms with Gasteiger partial charge in [0.2, 0.25) is 0 Å². The van der Waals surface area contributed by atoms with Crippen LogP contribution in [0.5, 0.6) is 0 Å². The molecule has 0 aliphatic carbocycles. The van der Waals surface area contributed by atoms with Crippen LogP contribution in [-0.2, 0) is 0 Å². The van der Waals surface area contributed by atoms with E-state index in [1.54, 1.807) is 0 Å². The van der Waals surface area contributed by atoms with Crippen LogP contribution in [0.3, 0.4) is 0 Å². The Labute approximate surface area is 75.7 Å². The quantitative estimate of drug-likeness (QED) is 0.544. The van der Waals surface area contributed by atoms with Crippen molar-refractivity contribution in [3.05, 3.63) is 0 Å². The Morgan fingerprint density at radius 2 is 1.78 bits per heavy atom. The molecule has 1 atom stereocenters. The molecule has 0 saturated carbocycles. The second kappa shape index (κ2) is 4.55. The first-order valence-electron chi connectivity index (χ1n) is 2.58. The maximum absolute atomic E-state index is 5.67. The topological polar surface area (TPSA) is 0 Å². The van der Waals surface area contributed by atoms with Crippen LogP contribution < -0.4 is 0 Å². The summed E-state index contributed by atoms with van der Waals surface area (Å²) in [4.78, 5) is 0. The number of alkyl halides is 1. The van der Waals surface area contributed by atoms with Gasteiger partial charge >= 0.3 is 76.1 Å². The zero-order valence-electron chi connectivity index (χ0n) is 5.00. The summed E-state index contributed by atoms with van der Waals surface area (Å²) in [6.07, 6.45) is 0. The molecule has 0 bridgehead atoms. The van der Waals surface area contributed by atoms with Gasteiger partial charge in [-0.05, 0) is 0 Å². The minimum atomic E-state index is -2.85. The van der Waals surface area contributed by atoms with E-state index in [1.165, 1.54) is 0 Å². The molecular formula is C4H8Cl4Ge. The zero-order valence-corrected chi connectivity index (χ0v) is 10.1. The van der Waals surface area contributed by atoms with Crippen molar-refractivity contribution >= 4 is 52.1 Å². The second-order valence-electron chi connectivity index (χ2n) is 2.08. The van der Waals surface area contributed by atoms with Crippen LogP contribution in [-0.4, -0.2) is 16.4 Å². The van der Waals surface area contributed by atoms with E-state index in [4.69, 9.17) is 41.6 Å². The average Bonchev–Trinajstić information content (AvgIpc) is 1.62. The fraction of sp³-hybridized carbons (Fsp3) is 1.00. The Bertz CT molecular complexity index is 79.1. The predicted molar refractivity (Wildman–Crippen MR) is 48.0 cm³/mol. The number of halogens is 4. The van der Waals surface area contributed by atoms with E-state index in [0.717, 1.165) is 0 Å². The van der Waals surface area contributed by atoms with Crippen molar-refractivity contribution in [3.63, 3.8) is 0 Å². The molecule has 0 nitrogen and oxygen atoms in total. The standard InChI is InChI=1S/C4H8Cl4Ge/c1-4(2-5)3-9(6,7)8/h4H,2-3H2,1H3. The molecule has 0 fully saturated rings. The van der Waals surface area contributed by atoms with E-state index in [2.05, 4.69) is 0 Å². The van der Waals surface area contributed by atoms with Crippen molar-refractivity contribution < 1.29 is 0 Å². The molecule has 0 aromatic carbocycles. The fourth-order valence-corrected chi connectivity index (χ4v) is 7.01. The summed E-state index contributed by atoms with van der Waals surface area (Å²) in [6, 6.07) is 0. The first-order valence-corrected chi connectivity index (χ1v) is 12.9. The predicted octanol–water partition coefficient (Wildman–Crippen LogP) is 3.52. The van der Waals surface area contributed by atoms with Crippen molar-refractivity contribution in [1.29, 1.82) is 0 Å². The Morgan fingerprint density at radius 1 is 1.33 bits per heavy atom. The molecule has 0 radical (unpaired) electrons. The first-order chi connectivity index (χ1) is 3.95. The molecule has 56 valence electrons. The van der Waals surface area contributed by atoms with Gasteiger partial charge < -0.3 is 0 Å². The molecule has 9 heavy (non-hydrogen) atoms. The summed E-state index contributed by atoms with van der Waals surface area (Å²) in [5, 5.41) is 0.703. The Morgan fingerprint density at radius 3 is 1.89 bits per heavy atom. The number of hydrogen-bond acceptors (Lipinski definition) is 0. The van der Waals surface area contributed by atoms with Crippen LogP contribution in [0.1, 0.15) is 6.92 Å². The fourth-order valence-electron chi connectivity index (χ4n) is 0.450. The molecule has 0 heterocycles. The molecular weight excluding hydrogens is 262 g/mol. The first kappa shape index (κ1) is 10.7. The molecule has 0 aliphatic heterocycles. The van der Waals surface area contributed by atoms with Crippen molar-refractivity contribution in [2.75, 3.05) is 5.88 Å². The van der Waals surface area contributed by atoms with E-state index in [1.807, 2.05) is 6.92 Å². The van der Waals surface area contributed by atoms with E-state index < -0.39 is 10.5 Å². The summed E-state index contributed by atoms with van der Waals surface area (Å²) in [5.74, 6) is 0.929. The third-order valence-corrected chi connectivity index (χ3v) is 6.21. The molecule has 5 heteroatoms. The third-order valence-electron chi connectivity index (χ3n) is 0.843. The van der Waals surface area contributed by atoms with Gasteiger partial charge in [0.05, 0.1) is 0 Å². The van der Waals surface area contributed by atoms with Crippen molar-refractivity contribution in [2.45, 2.75) is 12.2 Å². The SMILES string of the molecule is CC(CCl)[CH2][Ge]([Cl])([Cl])[Cl]. The Kier molecular flexibility index (Phi) is 5.42. The van der Waals surface area contributed by atoms with E-state index in [-0.39, 0.29) is 0 Å². The summed E-state index contributed by atoms with van der Waals surface area (Å²) in [7, 11) is 14.1. The van der Waals surface area contributed by atoms with Crippen LogP contribution >= 0.6 is 41.6 Å².